The van der Waals surface area contributed by atoms with Crippen molar-refractivity contribution in [3.8, 4) is 11.3 Å². The van der Waals surface area contributed by atoms with Gasteiger partial charge >= 0.3 is 6.18 Å². The first kappa shape index (κ1) is 21.1. The van der Waals surface area contributed by atoms with Gasteiger partial charge in [0.25, 0.3) is 5.91 Å². The highest BCUT2D eigenvalue weighted by Gasteiger charge is 2.31. The number of fused-ring (bicyclic) bond motifs is 2. The van der Waals surface area contributed by atoms with Gasteiger partial charge in [0.15, 0.2) is 0 Å². The first-order chi connectivity index (χ1) is 15.6. The molecule has 4 aromatic rings. The summed E-state index contributed by atoms with van der Waals surface area (Å²) in [7, 11) is 0. The van der Waals surface area contributed by atoms with Crippen molar-refractivity contribution in [2.45, 2.75) is 26.6 Å². The predicted octanol–water partition coefficient (Wildman–Crippen LogP) is 5.53. The number of pyridine rings is 1. The van der Waals surface area contributed by atoms with Gasteiger partial charge in [-0.1, -0.05) is 6.07 Å². The van der Waals surface area contributed by atoms with Crippen molar-refractivity contribution in [3.05, 3.63) is 76.9 Å². The first-order valence-corrected chi connectivity index (χ1v) is 10.3. The lowest BCUT2D eigenvalue weighted by Crippen LogP contribution is -2.41. The average molecular weight is 454 g/mol. The molecule has 0 N–H and O–H groups in total. The molecular formula is C24H18F4N4O. The van der Waals surface area contributed by atoms with Gasteiger partial charge in [0.05, 0.1) is 35.2 Å². The molecule has 2 aromatic carbocycles. The Labute approximate surface area is 186 Å². The van der Waals surface area contributed by atoms with E-state index in [4.69, 9.17) is 0 Å². The van der Waals surface area contributed by atoms with Gasteiger partial charge in [-0.2, -0.15) is 18.3 Å². The van der Waals surface area contributed by atoms with Gasteiger partial charge in [0.1, 0.15) is 11.5 Å². The number of carbonyl (C=O) groups is 1. The van der Waals surface area contributed by atoms with E-state index in [9.17, 15) is 18.0 Å². The summed E-state index contributed by atoms with van der Waals surface area (Å²) in [4.78, 5) is 18.8. The van der Waals surface area contributed by atoms with Crippen molar-refractivity contribution in [2.75, 3.05) is 11.4 Å². The molecule has 0 fully saturated rings. The number of aromatic nitrogens is 3. The highest BCUT2D eigenvalue weighted by molar-refractivity contribution is 6.06. The van der Waals surface area contributed by atoms with Crippen LogP contribution in [-0.4, -0.2) is 27.2 Å². The fraction of sp³-hybridized carbons (Fsp3) is 0.208. The highest BCUT2D eigenvalue weighted by Crippen LogP contribution is 2.34. The summed E-state index contributed by atoms with van der Waals surface area (Å²) in [6.45, 7) is 4.31. The minimum absolute atomic E-state index is 0.170. The van der Waals surface area contributed by atoms with Gasteiger partial charge in [0, 0.05) is 23.1 Å². The van der Waals surface area contributed by atoms with Crippen molar-refractivity contribution >= 4 is 22.5 Å². The van der Waals surface area contributed by atoms with Crippen molar-refractivity contribution in [3.63, 3.8) is 0 Å². The van der Waals surface area contributed by atoms with Crippen LogP contribution < -0.4 is 4.90 Å². The van der Waals surface area contributed by atoms with E-state index in [1.807, 2.05) is 0 Å². The second-order valence-corrected chi connectivity index (χ2v) is 8.08. The molecule has 1 aliphatic heterocycles. The van der Waals surface area contributed by atoms with Crippen molar-refractivity contribution in [1.82, 2.24) is 14.8 Å². The van der Waals surface area contributed by atoms with Gasteiger partial charge in [-0.25, -0.2) is 9.37 Å². The van der Waals surface area contributed by atoms with Gasteiger partial charge < -0.3 is 4.90 Å². The fourth-order valence-electron chi connectivity index (χ4n) is 4.18. The second kappa shape index (κ2) is 7.40. The van der Waals surface area contributed by atoms with Crippen LogP contribution in [0.15, 0.2) is 48.7 Å². The topological polar surface area (TPSA) is 51.0 Å². The molecule has 9 heteroatoms. The van der Waals surface area contributed by atoms with Gasteiger partial charge in [0.2, 0.25) is 0 Å². The quantitative estimate of drug-likeness (QED) is 0.374. The van der Waals surface area contributed by atoms with Crippen LogP contribution in [0.4, 0.5) is 23.2 Å². The molecule has 0 saturated carbocycles. The van der Waals surface area contributed by atoms with E-state index in [0.29, 0.717) is 46.5 Å². The third-order valence-electron chi connectivity index (χ3n) is 5.88. The Bertz CT molecular complexity index is 1420. The first-order valence-electron chi connectivity index (χ1n) is 10.3. The van der Waals surface area contributed by atoms with Gasteiger partial charge in [-0.15, -0.1) is 0 Å². The normalized spacial score (nSPS) is 14.1. The molecule has 0 atom stereocenters. The molecular weight excluding hydrogens is 436 g/mol. The molecule has 0 radical (unpaired) electrons. The summed E-state index contributed by atoms with van der Waals surface area (Å²) < 4.78 is 55.7. The molecule has 0 unspecified atom stereocenters. The number of anilines is 1. The molecule has 0 spiro atoms. The third-order valence-corrected chi connectivity index (χ3v) is 5.88. The van der Waals surface area contributed by atoms with E-state index in [0.717, 1.165) is 17.7 Å². The Morgan fingerprint density at radius 3 is 2.52 bits per heavy atom. The summed E-state index contributed by atoms with van der Waals surface area (Å²) in [6, 6.07) is 9.34. The van der Waals surface area contributed by atoms with E-state index < -0.39 is 17.6 Å². The predicted molar refractivity (Wildman–Crippen MR) is 116 cm³/mol. The molecule has 168 valence electrons. The highest BCUT2D eigenvalue weighted by atomic mass is 19.4. The number of rotatable bonds is 2. The Hall–Kier alpha value is -3.75. The summed E-state index contributed by atoms with van der Waals surface area (Å²) in [5, 5.41) is 4.52. The maximum Gasteiger partial charge on any atom is 0.416 e. The lowest BCUT2D eigenvalue weighted by atomic mass is 10.0. The molecule has 0 aliphatic carbocycles. The van der Waals surface area contributed by atoms with E-state index in [1.165, 1.54) is 23.1 Å². The van der Waals surface area contributed by atoms with Crippen molar-refractivity contribution < 1.29 is 22.4 Å². The number of alkyl halides is 3. The second-order valence-electron chi connectivity index (χ2n) is 8.08. The molecule has 1 amide bonds. The smallest absolute Gasteiger partial charge is 0.302 e. The number of benzene rings is 2. The summed E-state index contributed by atoms with van der Waals surface area (Å²) in [6.07, 6.45) is -2.82. The fourth-order valence-corrected chi connectivity index (χ4v) is 4.18. The van der Waals surface area contributed by atoms with Crippen LogP contribution in [0, 0.1) is 19.7 Å². The van der Waals surface area contributed by atoms with E-state index in [-0.39, 0.29) is 11.6 Å². The Balaban J connectivity index is 1.52. The van der Waals surface area contributed by atoms with Crippen LogP contribution in [0.1, 0.15) is 27.2 Å². The van der Waals surface area contributed by atoms with Crippen LogP contribution in [0.3, 0.4) is 0 Å². The zero-order chi connectivity index (χ0) is 23.5. The number of halogens is 4. The monoisotopic (exact) mass is 454 g/mol. The standard InChI is InChI=1S/C24H18F4N4O/c1-13-9-21(31-7-8-32-22(23(31)33)14(2)12-29-32)18(25)11-17(13)20-5-3-15-10-16(24(26,27)28)4-6-19(15)30-20/h3-6,9-12H,7-8H2,1-2H3. The van der Waals surface area contributed by atoms with E-state index >= 15 is 4.39 Å². The number of carbonyl (C=O) groups excluding carboxylic acids is 1. The summed E-state index contributed by atoms with van der Waals surface area (Å²) >= 11 is 0. The average Bonchev–Trinajstić information content (AvgIpc) is 3.16. The molecule has 3 heterocycles. The lowest BCUT2D eigenvalue weighted by molar-refractivity contribution is -0.137. The molecule has 0 bridgehead atoms. The largest absolute Gasteiger partial charge is 0.416 e. The molecule has 33 heavy (non-hydrogen) atoms. The number of nitrogens with zero attached hydrogens (tertiary/aromatic N) is 4. The van der Waals surface area contributed by atoms with Gasteiger partial charge in [-0.3, -0.25) is 9.48 Å². The van der Waals surface area contributed by atoms with Crippen LogP contribution in [0.5, 0.6) is 0 Å². The van der Waals surface area contributed by atoms with Crippen molar-refractivity contribution in [2.24, 2.45) is 0 Å². The Morgan fingerprint density at radius 2 is 1.76 bits per heavy atom. The van der Waals surface area contributed by atoms with E-state index in [2.05, 4.69) is 10.1 Å². The lowest BCUT2D eigenvalue weighted by Gasteiger charge is -2.29. The van der Waals surface area contributed by atoms with Crippen LogP contribution in [0.2, 0.25) is 0 Å². The zero-order valence-corrected chi connectivity index (χ0v) is 17.7. The van der Waals surface area contributed by atoms with Crippen molar-refractivity contribution in [1.29, 1.82) is 0 Å². The number of hydrogen-bond acceptors (Lipinski definition) is 3. The number of amides is 1. The zero-order valence-electron chi connectivity index (χ0n) is 17.7. The molecule has 0 saturated heterocycles. The minimum Gasteiger partial charge on any atom is -0.302 e. The summed E-state index contributed by atoms with van der Waals surface area (Å²) in [5.41, 5.74) is 2.59. The number of aryl methyl sites for hydroxylation is 2. The number of hydrogen-bond donors (Lipinski definition) is 0. The summed E-state index contributed by atoms with van der Waals surface area (Å²) in [5.74, 6) is -0.893. The third kappa shape index (κ3) is 3.53. The van der Waals surface area contributed by atoms with Crippen LogP contribution >= 0.6 is 0 Å². The Morgan fingerprint density at radius 1 is 0.970 bits per heavy atom. The molecule has 1 aliphatic rings. The van der Waals surface area contributed by atoms with Crippen LogP contribution in [-0.2, 0) is 12.7 Å². The molecule has 2 aromatic heterocycles. The molecule has 5 nitrogen and oxygen atoms in total. The maximum absolute atomic E-state index is 15.2. The van der Waals surface area contributed by atoms with Crippen LogP contribution in [0.25, 0.3) is 22.2 Å². The molecule has 5 rings (SSSR count). The SMILES string of the molecule is Cc1cc(N2CCn3ncc(C)c3C2=O)c(F)cc1-c1ccc2cc(C(F)(F)F)ccc2n1. The van der Waals surface area contributed by atoms with E-state index in [1.54, 1.807) is 36.9 Å². The van der Waals surface area contributed by atoms with Gasteiger partial charge in [-0.05, 0) is 55.8 Å². The minimum atomic E-state index is -4.44. The maximum atomic E-state index is 15.2. The Kier molecular flexibility index (Phi) is 4.73.